The molecule has 4 N–H and O–H groups in total. The van der Waals surface area contributed by atoms with Gasteiger partial charge in [-0.25, -0.2) is 4.68 Å². The summed E-state index contributed by atoms with van der Waals surface area (Å²) in [4.78, 5) is 11.4. The molecule has 1 saturated heterocycles. The molecule has 0 saturated carbocycles. The largest absolute Gasteiger partial charge is 0.497 e. The second-order valence-electron chi connectivity index (χ2n) is 6.63. The zero-order chi connectivity index (χ0) is 20.3. The van der Waals surface area contributed by atoms with Gasteiger partial charge in [0.25, 0.3) is 0 Å². The van der Waals surface area contributed by atoms with Crippen molar-refractivity contribution in [1.29, 1.82) is 0 Å². The average Bonchev–Trinajstić information content (AvgIpc) is 3.16. The number of methoxy groups -OCH3 is 2. The van der Waals surface area contributed by atoms with E-state index in [1.54, 1.807) is 18.0 Å². The van der Waals surface area contributed by atoms with E-state index in [0.717, 1.165) is 11.3 Å². The Morgan fingerprint density at radius 1 is 1.43 bits per heavy atom. The normalized spacial score (nSPS) is 27.4. The Bertz CT molecular complexity index is 811. The van der Waals surface area contributed by atoms with Gasteiger partial charge in [0, 0.05) is 19.6 Å². The second kappa shape index (κ2) is 8.65. The Morgan fingerprint density at radius 2 is 2.21 bits per heavy atom. The third kappa shape index (κ3) is 4.30. The maximum absolute atomic E-state index is 11.4. The molecule has 152 valence electrons. The summed E-state index contributed by atoms with van der Waals surface area (Å²) in [6.07, 6.45) is -0.732. The molecule has 0 aliphatic carbocycles. The van der Waals surface area contributed by atoms with Gasteiger partial charge in [0.1, 0.15) is 17.5 Å². The van der Waals surface area contributed by atoms with Gasteiger partial charge in [-0.1, -0.05) is 17.3 Å². The number of hydrogen-bond donors (Lipinski definition) is 3. The van der Waals surface area contributed by atoms with Gasteiger partial charge in [-0.15, -0.1) is 5.10 Å². The number of carbonyl (C=O) groups is 1. The standard InChI is InChI=1S/C18H25N5O5/c1-10(24)20-16-15(19)17(25)14(28-18(16)27-3)9-23-8-13(21-22-23)11-5-4-6-12(7-11)26-2/h4-8,14-18,25H,9,19H2,1-3H3,(H,20,24)/t14-,15-,16-,17+,18?/m1/s1. The third-order valence-electron chi connectivity index (χ3n) is 4.67. The van der Waals surface area contributed by atoms with Gasteiger partial charge in [-0.3, -0.25) is 4.79 Å². The zero-order valence-corrected chi connectivity index (χ0v) is 16.0. The number of ether oxygens (including phenoxy) is 3. The molecule has 1 aliphatic heterocycles. The first-order chi connectivity index (χ1) is 13.4. The fraction of sp³-hybridized carbons (Fsp3) is 0.500. The van der Waals surface area contributed by atoms with Gasteiger partial charge in [-0.2, -0.15) is 0 Å². The number of benzene rings is 1. The highest BCUT2D eigenvalue weighted by atomic mass is 16.7. The van der Waals surface area contributed by atoms with E-state index in [2.05, 4.69) is 15.6 Å². The van der Waals surface area contributed by atoms with E-state index in [4.69, 9.17) is 19.9 Å². The van der Waals surface area contributed by atoms with Crippen molar-refractivity contribution >= 4 is 5.91 Å². The minimum atomic E-state index is -1.02. The van der Waals surface area contributed by atoms with Crippen LogP contribution in [-0.2, 0) is 20.8 Å². The minimum absolute atomic E-state index is 0.221. The molecule has 10 nitrogen and oxygen atoms in total. The number of nitrogens with one attached hydrogen (secondary N) is 1. The van der Waals surface area contributed by atoms with Crippen molar-refractivity contribution in [2.24, 2.45) is 5.73 Å². The van der Waals surface area contributed by atoms with E-state index in [0.29, 0.717) is 5.69 Å². The van der Waals surface area contributed by atoms with Crippen LogP contribution in [0.2, 0.25) is 0 Å². The Labute approximate surface area is 162 Å². The van der Waals surface area contributed by atoms with E-state index in [9.17, 15) is 9.90 Å². The zero-order valence-electron chi connectivity index (χ0n) is 16.0. The van der Waals surface area contributed by atoms with Gasteiger partial charge in [0.2, 0.25) is 5.91 Å². The third-order valence-corrected chi connectivity index (χ3v) is 4.67. The van der Waals surface area contributed by atoms with Crippen LogP contribution in [0.1, 0.15) is 6.92 Å². The maximum atomic E-state index is 11.4. The molecule has 3 rings (SSSR count). The molecule has 1 aliphatic rings. The summed E-state index contributed by atoms with van der Waals surface area (Å²) in [5, 5.41) is 21.5. The first-order valence-corrected chi connectivity index (χ1v) is 8.86. The first-order valence-electron chi connectivity index (χ1n) is 8.86. The maximum Gasteiger partial charge on any atom is 0.217 e. The predicted molar refractivity (Wildman–Crippen MR) is 99.3 cm³/mol. The molecule has 2 heterocycles. The first kappa shape index (κ1) is 20.2. The van der Waals surface area contributed by atoms with Crippen LogP contribution in [0.5, 0.6) is 5.75 Å². The fourth-order valence-electron chi connectivity index (χ4n) is 3.22. The lowest BCUT2D eigenvalue weighted by Crippen LogP contribution is -2.67. The highest BCUT2D eigenvalue weighted by Crippen LogP contribution is 2.24. The number of amides is 1. The molecule has 28 heavy (non-hydrogen) atoms. The highest BCUT2D eigenvalue weighted by molar-refractivity contribution is 5.73. The van der Waals surface area contributed by atoms with Crippen molar-refractivity contribution < 1.29 is 24.1 Å². The molecule has 1 fully saturated rings. The smallest absolute Gasteiger partial charge is 0.217 e. The van der Waals surface area contributed by atoms with Crippen LogP contribution in [0.3, 0.4) is 0 Å². The Kier molecular flexibility index (Phi) is 6.25. The summed E-state index contributed by atoms with van der Waals surface area (Å²) in [5.74, 6) is 0.437. The Balaban J connectivity index is 1.73. The lowest BCUT2D eigenvalue weighted by molar-refractivity contribution is -0.234. The number of aromatic nitrogens is 3. The molecular formula is C18H25N5O5. The second-order valence-corrected chi connectivity index (χ2v) is 6.63. The number of aliphatic hydroxyl groups excluding tert-OH is 1. The van der Waals surface area contributed by atoms with E-state index in [1.165, 1.54) is 14.0 Å². The van der Waals surface area contributed by atoms with Crippen molar-refractivity contribution in [2.45, 2.75) is 44.1 Å². The Hall–Kier alpha value is -2.53. The SMILES string of the molecule is COc1cccc(-c2cn(C[C@H]3OC(OC)[C@H](NC(C)=O)[C@@H](N)[C@H]3O)nn2)c1. The predicted octanol–water partition coefficient (Wildman–Crippen LogP) is -0.482. The summed E-state index contributed by atoms with van der Waals surface area (Å²) in [7, 11) is 3.05. The molecule has 0 radical (unpaired) electrons. The molecule has 0 spiro atoms. The van der Waals surface area contributed by atoms with Gasteiger partial charge in [0.05, 0.1) is 38.0 Å². The lowest BCUT2D eigenvalue weighted by Gasteiger charge is -2.42. The summed E-state index contributed by atoms with van der Waals surface area (Å²) >= 11 is 0. The molecule has 10 heteroatoms. The van der Waals surface area contributed by atoms with Crippen LogP contribution < -0.4 is 15.8 Å². The lowest BCUT2D eigenvalue weighted by atomic mass is 9.94. The Morgan fingerprint density at radius 3 is 2.89 bits per heavy atom. The number of aliphatic hydroxyl groups is 1. The molecular weight excluding hydrogens is 366 g/mol. The number of carbonyl (C=O) groups excluding carboxylic acids is 1. The van der Waals surface area contributed by atoms with Gasteiger partial charge < -0.3 is 30.4 Å². The molecule has 2 aromatic rings. The van der Waals surface area contributed by atoms with Gasteiger partial charge in [0.15, 0.2) is 6.29 Å². The van der Waals surface area contributed by atoms with Crippen molar-refractivity contribution in [3.63, 3.8) is 0 Å². The molecule has 5 atom stereocenters. The topological polar surface area (TPSA) is 134 Å². The minimum Gasteiger partial charge on any atom is -0.497 e. The number of nitrogens with two attached hydrogens (primary N) is 1. The van der Waals surface area contributed by atoms with Crippen LogP contribution in [0.25, 0.3) is 11.3 Å². The van der Waals surface area contributed by atoms with Crippen molar-refractivity contribution in [3.8, 4) is 17.0 Å². The summed E-state index contributed by atoms with van der Waals surface area (Å²) < 4.78 is 17.9. The summed E-state index contributed by atoms with van der Waals surface area (Å²) in [6.45, 7) is 1.59. The van der Waals surface area contributed by atoms with Crippen LogP contribution in [0.15, 0.2) is 30.5 Å². The van der Waals surface area contributed by atoms with Crippen molar-refractivity contribution in [1.82, 2.24) is 20.3 Å². The molecule has 1 unspecified atom stereocenters. The fourth-order valence-corrected chi connectivity index (χ4v) is 3.22. The molecule has 1 aromatic carbocycles. The highest BCUT2D eigenvalue weighted by Gasteiger charge is 2.44. The van der Waals surface area contributed by atoms with Gasteiger partial charge >= 0.3 is 0 Å². The van der Waals surface area contributed by atoms with Crippen LogP contribution in [0.4, 0.5) is 0 Å². The number of hydrogen-bond acceptors (Lipinski definition) is 8. The number of nitrogens with zero attached hydrogens (tertiary/aromatic N) is 3. The van der Waals surface area contributed by atoms with Crippen LogP contribution >= 0.6 is 0 Å². The molecule has 0 bridgehead atoms. The molecule has 1 amide bonds. The summed E-state index contributed by atoms with van der Waals surface area (Å²) in [5.41, 5.74) is 7.64. The quantitative estimate of drug-likeness (QED) is 0.601. The molecule has 1 aromatic heterocycles. The van der Waals surface area contributed by atoms with Crippen LogP contribution in [0, 0.1) is 0 Å². The summed E-state index contributed by atoms with van der Waals surface area (Å²) in [6, 6.07) is 6.06. The van der Waals surface area contributed by atoms with E-state index in [1.807, 2.05) is 24.3 Å². The monoisotopic (exact) mass is 391 g/mol. The van der Waals surface area contributed by atoms with E-state index in [-0.39, 0.29) is 12.5 Å². The van der Waals surface area contributed by atoms with Crippen LogP contribution in [-0.4, -0.2) is 70.8 Å². The van der Waals surface area contributed by atoms with Crippen molar-refractivity contribution in [3.05, 3.63) is 30.5 Å². The van der Waals surface area contributed by atoms with Gasteiger partial charge in [-0.05, 0) is 12.1 Å². The average molecular weight is 391 g/mol. The van der Waals surface area contributed by atoms with E-state index >= 15 is 0 Å². The van der Waals surface area contributed by atoms with Crippen molar-refractivity contribution in [2.75, 3.05) is 14.2 Å². The number of rotatable bonds is 6. The van der Waals surface area contributed by atoms with E-state index < -0.39 is 30.6 Å².